The quantitative estimate of drug-likeness (QED) is 0.131. The van der Waals surface area contributed by atoms with E-state index in [9.17, 15) is 4.79 Å². The predicted molar refractivity (Wildman–Crippen MR) is 223 cm³/mol. The van der Waals surface area contributed by atoms with Crippen LogP contribution in [0.3, 0.4) is 0 Å². The van der Waals surface area contributed by atoms with Crippen molar-refractivity contribution in [1.29, 1.82) is 0 Å². The van der Waals surface area contributed by atoms with E-state index in [0.717, 1.165) is 24.0 Å². The van der Waals surface area contributed by atoms with Gasteiger partial charge in [-0.25, -0.2) is 0 Å². The SMILES string of the molecule is CC1(C)c2ccccc2-c2c1cc(-c1c3ccccc3c(-c3ccccc3)c3ccc(C4=CC=C(C(=O)c5ccccc5)CC4)cc13)c1ccccc21. The van der Waals surface area contributed by atoms with Gasteiger partial charge in [0.1, 0.15) is 0 Å². The highest BCUT2D eigenvalue weighted by atomic mass is 16.1. The van der Waals surface area contributed by atoms with Gasteiger partial charge in [0.25, 0.3) is 0 Å². The van der Waals surface area contributed by atoms with E-state index < -0.39 is 0 Å². The van der Waals surface area contributed by atoms with Crippen molar-refractivity contribution >= 4 is 43.7 Å². The number of hydrogen-bond donors (Lipinski definition) is 0. The van der Waals surface area contributed by atoms with Gasteiger partial charge < -0.3 is 0 Å². The zero-order valence-electron chi connectivity index (χ0n) is 30.0. The van der Waals surface area contributed by atoms with E-state index in [1.165, 1.54) is 88.0 Å². The number of rotatable bonds is 5. The van der Waals surface area contributed by atoms with E-state index in [1.54, 1.807) is 0 Å². The highest BCUT2D eigenvalue weighted by Crippen LogP contribution is 2.55. The fraction of sp³-hybridized carbons (Fsp3) is 0.0962. The first-order chi connectivity index (χ1) is 26.0. The second-order valence-corrected chi connectivity index (χ2v) is 15.1. The molecule has 8 aromatic carbocycles. The van der Waals surface area contributed by atoms with Gasteiger partial charge in [-0.2, -0.15) is 0 Å². The minimum Gasteiger partial charge on any atom is -0.289 e. The Hall–Kier alpha value is -6.31. The molecule has 1 heteroatoms. The molecule has 0 bridgehead atoms. The summed E-state index contributed by atoms with van der Waals surface area (Å²) in [4.78, 5) is 13.3. The fourth-order valence-corrected chi connectivity index (χ4v) is 9.18. The van der Waals surface area contributed by atoms with Gasteiger partial charge in [0, 0.05) is 16.6 Å². The van der Waals surface area contributed by atoms with Crippen LogP contribution in [0.15, 0.2) is 175 Å². The smallest absolute Gasteiger partial charge is 0.189 e. The summed E-state index contributed by atoms with van der Waals surface area (Å²) < 4.78 is 0. The van der Waals surface area contributed by atoms with Crippen molar-refractivity contribution in [3.05, 3.63) is 198 Å². The summed E-state index contributed by atoms with van der Waals surface area (Å²) in [5.74, 6) is 0.120. The second kappa shape index (κ2) is 12.1. The summed E-state index contributed by atoms with van der Waals surface area (Å²) in [5.41, 5.74) is 14.4. The predicted octanol–water partition coefficient (Wildman–Crippen LogP) is 13.8. The Morgan fingerprint density at radius 1 is 0.453 bits per heavy atom. The zero-order valence-corrected chi connectivity index (χ0v) is 30.0. The lowest BCUT2D eigenvalue weighted by molar-refractivity contribution is 0.103. The summed E-state index contributed by atoms with van der Waals surface area (Å²) in [6.45, 7) is 4.76. The molecular weight excluding hydrogens is 641 g/mol. The number of Topliss-reactive ketones (excluding diaryl/α,β-unsaturated/α-hetero) is 1. The van der Waals surface area contributed by atoms with Crippen LogP contribution in [0, 0.1) is 0 Å². The monoisotopic (exact) mass is 678 g/mol. The molecule has 0 spiro atoms. The highest BCUT2D eigenvalue weighted by Gasteiger charge is 2.37. The van der Waals surface area contributed by atoms with Gasteiger partial charge in [0.05, 0.1) is 0 Å². The summed E-state index contributed by atoms with van der Waals surface area (Å²) in [5, 5.41) is 7.57. The van der Waals surface area contributed by atoms with E-state index in [4.69, 9.17) is 0 Å². The minimum absolute atomic E-state index is 0.120. The number of benzene rings is 8. The van der Waals surface area contributed by atoms with Gasteiger partial charge in [0.15, 0.2) is 5.78 Å². The normalized spacial score (nSPS) is 14.5. The van der Waals surface area contributed by atoms with Gasteiger partial charge in [-0.1, -0.05) is 172 Å². The lowest BCUT2D eigenvalue weighted by atomic mass is 9.78. The number of carbonyl (C=O) groups is 1. The number of carbonyl (C=O) groups excluding carboxylic acids is 1. The van der Waals surface area contributed by atoms with Crippen LogP contribution in [0.4, 0.5) is 0 Å². The molecule has 0 N–H and O–H groups in total. The van der Waals surface area contributed by atoms with Crippen LogP contribution in [-0.4, -0.2) is 5.78 Å². The van der Waals surface area contributed by atoms with Crippen molar-refractivity contribution < 1.29 is 4.79 Å². The Kier molecular flexibility index (Phi) is 7.20. The molecule has 8 aromatic rings. The minimum atomic E-state index is -0.139. The third kappa shape index (κ3) is 4.88. The maximum absolute atomic E-state index is 13.3. The van der Waals surface area contributed by atoms with Crippen molar-refractivity contribution in [2.45, 2.75) is 32.1 Å². The Morgan fingerprint density at radius 3 is 1.77 bits per heavy atom. The average molecular weight is 679 g/mol. The molecular formula is C52H38O. The maximum atomic E-state index is 13.3. The molecule has 252 valence electrons. The third-order valence-electron chi connectivity index (χ3n) is 11.8. The molecule has 0 fully saturated rings. The van der Waals surface area contributed by atoms with E-state index in [-0.39, 0.29) is 11.2 Å². The van der Waals surface area contributed by atoms with Crippen LogP contribution in [-0.2, 0) is 5.41 Å². The van der Waals surface area contributed by atoms with Gasteiger partial charge in [0.2, 0.25) is 0 Å². The maximum Gasteiger partial charge on any atom is 0.189 e. The Labute approximate surface area is 310 Å². The summed E-state index contributed by atoms with van der Waals surface area (Å²) >= 11 is 0. The summed E-state index contributed by atoms with van der Waals surface area (Å²) in [6, 6.07) is 57.0. The third-order valence-corrected chi connectivity index (χ3v) is 11.8. The summed E-state index contributed by atoms with van der Waals surface area (Å²) in [7, 11) is 0. The molecule has 1 nitrogen and oxygen atoms in total. The molecule has 0 heterocycles. The van der Waals surface area contributed by atoms with Crippen molar-refractivity contribution in [2.75, 3.05) is 0 Å². The van der Waals surface area contributed by atoms with Crippen molar-refractivity contribution in [1.82, 2.24) is 0 Å². The fourth-order valence-electron chi connectivity index (χ4n) is 9.18. The van der Waals surface area contributed by atoms with Crippen LogP contribution in [0.2, 0.25) is 0 Å². The van der Waals surface area contributed by atoms with Crippen LogP contribution in [0.5, 0.6) is 0 Å². The molecule has 0 saturated heterocycles. The van der Waals surface area contributed by atoms with E-state index in [2.05, 4.69) is 147 Å². The van der Waals surface area contributed by atoms with E-state index in [0.29, 0.717) is 0 Å². The topological polar surface area (TPSA) is 17.1 Å². The molecule has 10 rings (SSSR count). The van der Waals surface area contributed by atoms with Gasteiger partial charge in [-0.05, 0) is 113 Å². The van der Waals surface area contributed by atoms with Crippen LogP contribution in [0.1, 0.15) is 53.7 Å². The molecule has 0 amide bonds. The van der Waals surface area contributed by atoms with Crippen LogP contribution >= 0.6 is 0 Å². The average Bonchev–Trinajstić information content (AvgIpc) is 3.45. The second-order valence-electron chi connectivity index (χ2n) is 15.1. The largest absolute Gasteiger partial charge is 0.289 e. The van der Waals surface area contributed by atoms with Gasteiger partial charge >= 0.3 is 0 Å². The van der Waals surface area contributed by atoms with Gasteiger partial charge in [-0.15, -0.1) is 0 Å². The first-order valence-corrected chi connectivity index (χ1v) is 18.7. The molecule has 0 aliphatic heterocycles. The van der Waals surface area contributed by atoms with Crippen LogP contribution < -0.4 is 0 Å². The molecule has 0 radical (unpaired) electrons. The number of hydrogen-bond acceptors (Lipinski definition) is 1. The molecule has 53 heavy (non-hydrogen) atoms. The molecule has 0 unspecified atom stereocenters. The van der Waals surface area contributed by atoms with E-state index >= 15 is 0 Å². The molecule has 0 aromatic heterocycles. The van der Waals surface area contributed by atoms with Crippen molar-refractivity contribution in [2.24, 2.45) is 0 Å². The molecule has 0 atom stereocenters. The number of ketones is 1. The summed E-state index contributed by atoms with van der Waals surface area (Å²) in [6.07, 6.45) is 5.76. The Balaban J connectivity index is 1.26. The number of fused-ring (bicyclic) bond motifs is 7. The van der Waals surface area contributed by atoms with Crippen molar-refractivity contribution in [3.63, 3.8) is 0 Å². The first kappa shape index (κ1) is 31.4. The van der Waals surface area contributed by atoms with E-state index in [1.807, 2.05) is 36.4 Å². The van der Waals surface area contributed by atoms with Gasteiger partial charge in [-0.3, -0.25) is 4.79 Å². The first-order valence-electron chi connectivity index (χ1n) is 18.7. The van der Waals surface area contributed by atoms with Crippen LogP contribution in [0.25, 0.3) is 71.3 Å². The molecule has 0 saturated carbocycles. The zero-order chi connectivity index (χ0) is 35.7. The lowest BCUT2D eigenvalue weighted by Gasteiger charge is -2.24. The Morgan fingerprint density at radius 2 is 1.06 bits per heavy atom. The van der Waals surface area contributed by atoms with Crippen molar-refractivity contribution in [3.8, 4) is 33.4 Å². The molecule has 2 aliphatic carbocycles. The highest BCUT2D eigenvalue weighted by molar-refractivity contribution is 6.25. The lowest BCUT2D eigenvalue weighted by Crippen LogP contribution is -2.15. The standard InChI is InChI=1S/C52H38O/c1-52(2)46-24-14-13-23-43(46)50-39-20-10-9-19-38(39)45(32-47(50)52)49-41-22-12-11-21-40(41)48(34-15-5-3-6-16-34)42-30-29-37(31-44(42)49)33-25-27-36(28-26-33)51(53)35-17-7-4-8-18-35/h3-25,27,29-32H,26,28H2,1-2H3. The Bertz CT molecular complexity index is 2850. The number of allylic oxidation sites excluding steroid dienone is 4. The molecule has 2 aliphatic rings.